The number of methoxy groups -OCH3 is 2. The van der Waals surface area contributed by atoms with Gasteiger partial charge in [0.2, 0.25) is 11.7 Å². The van der Waals surface area contributed by atoms with Gasteiger partial charge in [0.25, 0.3) is 0 Å². The Balaban J connectivity index is 1.54. The van der Waals surface area contributed by atoms with Crippen LogP contribution < -0.4 is 9.47 Å². The van der Waals surface area contributed by atoms with Gasteiger partial charge in [0, 0.05) is 28.6 Å². The maximum atomic E-state index is 5.59. The van der Waals surface area contributed by atoms with E-state index in [2.05, 4.69) is 21.1 Å². The standard InChI is InChI=1S/C19H21N3O3S/c1-23-14-5-6-15(17(10-14)24-2)16-4-3-8-22(16)11-18-20-19(21-25-18)13-7-9-26-12-13/h5-7,9-10,12,16H,3-4,8,11H2,1-2H3. The van der Waals surface area contributed by atoms with Gasteiger partial charge in [0.15, 0.2) is 0 Å². The van der Waals surface area contributed by atoms with Gasteiger partial charge in [-0.05, 0) is 36.9 Å². The molecule has 26 heavy (non-hydrogen) atoms. The average Bonchev–Trinajstić information content (AvgIpc) is 3.43. The summed E-state index contributed by atoms with van der Waals surface area (Å²) in [5, 5.41) is 8.14. The topological polar surface area (TPSA) is 60.6 Å². The molecule has 3 heterocycles. The lowest BCUT2D eigenvalue weighted by molar-refractivity contribution is 0.209. The van der Waals surface area contributed by atoms with Crippen molar-refractivity contribution in [3.05, 3.63) is 46.5 Å². The molecule has 7 heteroatoms. The van der Waals surface area contributed by atoms with E-state index in [4.69, 9.17) is 14.0 Å². The molecule has 136 valence electrons. The second kappa shape index (κ2) is 7.47. The van der Waals surface area contributed by atoms with E-state index in [0.29, 0.717) is 18.3 Å². The van der Waals surface area contributed by atoms with Gasteiger partial charge >= 0.3 is 0 Å². The molecule has 0 amide bonds. The molecule has 0 bridgehead atoms. The van der Waals surface area contributed by atoms with Crippen molar-refractivity contribution in [3.63, 3.8) is 0 Å². The van der Waals surface area contributed by atoms with Crippen molar-refractivity contribution in [2.24, 2.45) is 0 Å². The molecule has 3 aromatic rings. The summed E-state index contributed by atoms with van der Waals surface area (Å²) >= 11 is 1.63. The molecule has 1 unspecified atom stereocenters. The first kappa shape index (κ1) is 17.1. The van der Waals surface area contributed by atoms with Crippen LogP contribution in [-0.4, -0.2) is 35.8 Å². The van der Waals surface area contributed by atoms with Crippen LogP contribution in [0.15, 0.2) is 39.5 Å². The lowest BCUT2D eigenvalue weighted by Gasteiger charge is -2.25. The molecule has 0 radical (unpaired) electrons. The first-order valence-corrected chi connectivity index (χ1v) is 9.54. The van der Waals surface area contributed by atoms with Gasteiger partial charge in [-0.1, -0.05) is 11.2 Å². The molecule has 0 N–H and O–H groups in total. The van der Waals surface area contributed by atoms with Crippen LogP contribution in [0.1, 0.15) is 30.3 Å². The van der Waals surface area contributed by atoms with E-state index in [1.165, 1.54) is 5.56 Å². The van der Waals surface area contributed by atoms with Crippen molar-refractivity contribution in [1.29, 1.82) is 0 Å². The van der Waals surface area contributed by atoms with E-state index in [-0.39, 0.29) is 6.04 Å². The highest BCUT2D eigenvalue weighted by Crippen LogP contribution is 2.39. The molecule has 6 nitrogen and oxygen atoms in total. The van der Waals surface area contributed by atoms with Crippen LogP contribution in [0.5, 0.6) is 11.5 Å². The van der Waals surface area contributed by atoms with Crippen molar-refractivity contribution in [1.82, 2.24) is 15.0 Å². The number of hydrogen-bond acceptors (Lipinski definition) is 7. The van der Waals surface area contributed by atoms with Gasteiger partial charge in [-0.15, -0.1) is 0 Å². The Labute approximate surface area is 156 Å². The second-order valence-electron chi connectivity index (χ2n) is 6.26. The van der Waals surface area contributed by atoms with Crippen LogP contribution in [0.25, 0.3) is 11.4 Å². The number of benzene rings is 1. The molecular formula is C19H21N3O3S. The van der Waals surface area contributed by atoms with Crippen molar-refractivity contribution in [2.75, 3.05) is 20.8 Å². The van der Waals surface area contributed by atoms with Crippen LogP contribution >= 0.6 is 11.3 Å². The lowest BCUT2D eigenvalue weighted by Crippen LogP contribution is -2.23. The molecule has 1 aliphatic heterocycles. The summed E-state index contributed by atoms with van der Waals surface area (Å²) in [4.78, 5) is 6.92. The van der Waals surface area contributed by atoms with Crippen LogP contribution in [0.4, 0.5) is 0 Å². The normalized spacial score (nSPS) is 17.5. The Kier molecular flexibility index (Phi) is 4.90. The van der Waals surface area contributed by atoms with Crippen LogP contribution in [0.3, 0.4) is 0 Å². The van der Waals surface area contributed by atoms with Crippen molar-refractivity contribution < 1.29 is 14.0 Å². The molecule has 1 aliphatic rings. The summed E-state index contributed by atoms with van der Waals surface area (Å²) < 4.78 is 16.4. The summed E-state index contributed by atoms with van der Waals surface area (Å²) in [6.45, 7) is 1.63. The minimum absolute atomic E-state index is 0.271. The fraction of sp³-hybridized carbons (Fsp3) is 0.368. The Morgan fingerprint density at radius 2 is 2.19 bits per heavy atom. The van der Waals surface area contributed by atoms with Gasteiger partial charge in [-0.3, -0.25) is 4.90 Å². The third-order valence-corrected chi connectivity index (χ3v) is 5.43. The maximum absolute atomic E-state index is 5.59. The highest BCUT2D eigenvalue weighted by atomic mass is 32.1. The van der Waals surface area contributed by atoms with Crippen molar-refractivity contribution in [2.45, 2.75) is 25.4 Å². The zero-order valence-electron chi connectivity index (χ0n) is 14.8. The van der Waals surface area contributed by atoms with Crippen LogP contribution in [0, 0.1) is 0 Å². The minimum atomic E-state index is 0.271. The lowest BCUT2D eigenvalue weighted by atomic mass is 10.0. The van der Waals surface area contributed by atoms with Crippen LogP contribution in [0.2, 0.25) is 0 Å². The van der Waals surface area contributed by atoms with Gasteiger partial charge < -0.3 is 14.0 Å². The van der Waals surface area contributed by atoms with E-state index >= 15 is 0 Å². The molecule has 4 rings (SSSR count). The smallest absolute Gasteiger partial charge is 0.241 e. The maximum Gasteiger partial charge on any atom is 0.241 e. The first-order valence-electron chi connectivity index (χ1n) is 8.59. The van der Waals surface area contributed by atoms with E-state index in [1.54, 1.807) is 25.6 Å². The van der Waals surface area contributed by atoms with E-state index in [9.17, 15) is 0 Å². The molecule has 1 atom stereocenters. The Hall–Kier alpha value is -2.38. The van der Waals surface area contributed by atoms with Crippen molar-refractivity contribution in [3.8, 4) is 22.9 Å². The zero-order chi connectivity index (χ0) is 17.9. The number of likely N-dealkylation sites (tertiary alicyclic amines) is 1. The quantitative estimate of drug-likeness (QED) is 0.649. The predicted octanol–water partition coefficient (Wildman–Crippen LogP) is 4.15. The predicted molar refractivity (Wildman–Crippen MR) is 99.5 cm³/mol. The number of rotatable bonds is 6. The average molecular weight is 371 g/mol. The number of nitrogens with zero attached hydrogens (tertiary/aromatic N) is 3. The molecular weight excluding hydrogens is 350 g/mol. The van der Waals surface area contributed by atoms with Gasteiger partial charge in [-0.2, -0.15) is 16.3 Å². The molecule has 0 spiro atoms. The highest BCUT2D eigenvalue weighted by molar-refractivity contribution is 7.08. The third kappa shape index (κ3) is 3.32. The Morgan fingerprint density at radius 3 is 2.96 bits per heavy atom. The molecule has 0 aliphatic carbocycles. The first-order chi connectivity index (χ1) is 12.8. The van der Waals surface area contributed by atoms with Gasteiger partial charge in [0.1, 0.15) is 11.5 Å². The summed E-state index contributed by atoms with van der Waals surface area (Å²) in [5.74, 6) is 2.95. The number of thiophene rings is 1. The summed E-state index contributed by atoms with van der Waals surface area (Å²) in [6.07, 6.45) is 2.21. The molecule has 0 saturated carbocycles. The monoisotopic (exact) mass is 371 g/mol. The molecule has 1 saturated heterocycles. The van der Waals surface area contributed by atoms with Crippen molar-refractivity contribution >= 4 is 11.3 Å². The molecule has 2 aromatic heterocycles. The summed E-state index contributed by atoms with van der Waals surface area (Å²) in [5.41, 5.74) is 2.17. The minimum Gasteiger partial charge on any atom is -0.497 e. The third-order valence-electron chi connectivity index (χ3n) is 4.75. The highest BCUT2D eigenvalue weighted by Gasteiger charge is 2.30. The van der Waals surface area contributed by atoms with E-state index in [1.807, 2.05) is 29.0 Å². The fourth-order valence-electron chi connectivity index (χ4n) is 3.46. The Bertz CT molecular complexity index is 863. The van der Waals surface area contributed by atoms with E-state index in [0.717, 1.165) is 36.4 Å². The summed E-state index contributed by atoms with van der Waals surface area (Å²) in [6, 6.07) is 8.28. The fourth-order valence-corrected chi connectivity index (χ4v) is 4.10. The summed E-state index contributed by atoms with van der Waals surface area (Å²) in [7, 11) is 3.36. The molecule has 1 aromatic carbocycles. The Morgan fingerprint density at radius 1 is 1.27 bits per heavy atom. The SMILES string of the molecule is COc1ccc(C2CCCN2Cc2nc(-c3ccsc3)no2)c(OC)c1. The number of hydrogen-bond donors (Lipinski definition) is 0. The second-order valence-corrected chi connectivity index (χ2v) is 7.04. The molecule has 1 fully saturated rings. The largest absolute Gasteiger partial charge is 0.497 e. The number of ether oxygens (including phenoxy) is 2. The van der Waals surface area contributed by atoms with Gasteiger partial charge in [0.05, 0.1) is 20.8 Å². The van der Waals surface area contributed by atoms with E-state index < -0.39 is 0 Å². The van der Waals surface area contributed by atoms with Crippen LogP contribution in [-0.2, 0) is 6.54 Å². The zero-order valence-corrected chi connectivity index (χ0v) is 15.7. The number of aromatic nitrogens is 2. The van der Waals surface area contributed by atoms with Gasteiger partial charge in [-0.25, -0.2) is 0 Å².